The Morgan fingerprint density at radius 2 is 1.79 bits per heavy atom. The molecule has 0 aliphatic carbocycles. The van der Waals surface area contributed by atoms with Crippen molar-refractivity contribution < 1.29 is 4.74 Å². The highest BCUT2D eigenvalue weighted by Crippen LogP contribution is 2.21. The van der Waals surface area contributed by atoms with E-state index in [2.05, 4.69) is 22.1 Å². The van der Waals surface area contributed by atoms with E-state index < -0.39 is 0 Å². The van der Waals surface area contributed by atoms with Crippen molar-refractivity contribution in [2.24, 2.45) is 0 Å². The molecule has 0 saturated heterocycles. The van der Waals surface area contributed by atoms with Crippen molar-refractivity contribution in [1.82, 2.24) is 9.97 Å². The van der Waals surface area contributed by atoms with E-state index in [4.69, 9.17) is 10.5 Å². The Morgan fingerprint density at radius 1 is 0.947 bits per heavy atom. The van der Waals surface area contributed by atoms with Crippen molar-refractivity contribution in [3.63, 3.8) is 0 Å². The van der Waals surface area contributed by atoms with Gasteiger partial charge in [-0.05, 0) is 22.9 Å². The highest BCUT2D eigenvalue weighted by molar-refractivity contribution is 5.83. The molecular formula is C15H13N3O. The zero-order valence-electron chi connectivity index (χ0n) is 10.3. The molecule has 3 rings (SSSR count). The molecule has 0 fully saturated rings. The Labute approximate surface area is 110 Å². The number of anilines is 1. The van der Waals surface area contributed by atoms with Crippen LogP contribution in [0.25, 0.3) is 10.8 Å². The van der Waals surface area contributed by atoms with Crippen LogP contribution in [0.15, 0.2) is 54.9 Å². The zero-order valence-corrected chi connectivity index (χ0v) is 10.3. The fourth-order valence-corrected chi connectivity index (χ4v) is 1.85. The van der Waals surface area contributed by atoms with Gasteiger partial charge in [-0.3, -0.25) is 4.98 Å². The normalized spacial score (nSPS) is 10.5. The molecule has 0 atom stereocenters. The molecule has 0 unspecified atom stereocenters. The molecule has 4 nitrogen and oxygen atoms in total. The molecule has 0 amide bonds. The summed E-state index contributed by atoms with van der Waals surface area (Å²) in [5.41, 5.74) is 6.23. The lowest BCUT2D eigenvalue weighted by Crippen LogP contribution is -2.00. The van der Waals surface area contributed by atoms with E-state index in [0.717, 1.165) is 16.8 Å². The van der Waals surface area contributed by atoms with E-state index in [9.17, 15) is 0 Å². The van der Waals surface area contributed by atoms with Gasteiger partial charge < -0.3 is 10.5 Å². The molecule has 0 aliphatic heterocycles. The summed E-state index contributed by atoms with van der Waals surface area (Å²) in [4.78, 5) is 8.12. The first-order valence-corrected chi connectivity index (χ1v) is 5.99. The van der Waals surface area contributed by atoms with Gasteiger partial charge >= 0.3 is 0 Å². The summed E-state index contributed by atoms with van der Waals surface area (Å²) in [6.07, 6.45) is 3.15. The minimum absolute atomic E-state index is 0.381. The fourth-order valence-electron chi connectivity index (χ4n) is 1.85. The average molecular weight is 251 g/mol. The number of aromatic nitrogens is 2. The maximum atomic E-state index is 5.70. The van der Waals surface area contributed by atoms with Crippen molar-refractivity contribution in [2.75, 3.05) is 5.73 Å². The smallest absolute Gasteiger partial charge is 0.141 e. The topological polar surface area (TPSA) is 61.0 Å². The molecule has 1 aromatic heterocycles. The Kier molecular flexibility index (Phi) is 2.98. The van der Waals surface area contributed by atoms with E-state index in [0.29, 0.717) is 12.4 Å². The average Bonchev–Trinajstić information content (AvgIpc) is 2.46. The summed E-state index contributed by atoms with van der Waals surface area (Å²) >= 11 is 0. The summed E-state index contributed by atoms with van der Waals surface area (Å²) in [6, 6.07) is 14.2. The third-order valence-corrected chi connectivity index (χ3v) is 2.83. The van der Waals surface area contributed by atoms with E-state index >= 15 is 0 Å². The number of rotatable bonds is 3. The van der Waals surface area contributed by atoms with Crippen molar-refractivity contribution >= 4 is 16.6 Å². The van der Waals surface area contributed by atoms with Crippen LogP contribution in [0.5, 0.6) is 5.75 Å². The molecule has 0 radical (unpaired) electrons. The Balaban J connectivity index is 1.76. The molecule has 1 heterocycles. The quantitative estimate of drug-likeness (QED) is 0.777. The number of benzene rings is 2. The third kappa shape index (κ3) is 2.63. The number of nitrogens with two attached hydrogens (primary N) is 1. The highest BCUT2D eigenvalue weighted by Gasteiger charge is 1.99. The maximum absolute atomic E-state index is 5.70. The Bertz CT molecular complexity index is 695. The van der Waals surface area contributed by atoms with Gasteiger partial charge in [-0.15, -0.1) is 0 Å². The van der Waals surface area contributed by atoms with E-state index in [-0.39, 0.29) is 0 Å². The first-order chi connectivity index (χ1) is 9.31. The monoisotopic (exact) mass is 251 g/mol. The minimum atomic E-state index is 0.381. The molecule has 3 aromatic rings. The van der Waals surface area contributed by atoms with E-state index in [1.54, 1.807) is 6.20 Å². The predicted octanol–water partition coefficient (Wildman–Crippen LogP) is 2.79. The molecular weight excluding hydrogens is 238 g/mol. The minimum Gasteiger partial charge on any atom is -0.487 e. The molecule has 0 spiro atoms. The molecule has 2 N–H and O–H groups in total. The summed E-state index contributed by atoms with van der Waals surface area (Å²) < 4.78 is 5.70. The lowest BCUT2D eigenvalue weighted by molar-refractivity contribution is 0.301. The number of hydrogen-bond donors (Lipinski definition) is 1. The van der Waals surface area contributed by atoms with Crippen molar-refractivity contribution in [3.8, 4) is 5.75 Å². The van der Waals surface area contributed by atoms with Crippen LogP contribution in [-0.2, 0) is 6.61 Å². The SMILES string of the molecule is Nc1cnc(COc2ccc3ccccc3c2)cn1. The number of nitrogens with zero attached hydrogens (tertiary/aromatic N) is 2. The second-order valence-corrected chi connectivity index (χ2v) is 4.23. The first-order valence-electron chi connectivity index (χ1n) is 5.99. The van der Waals surface area contributed by atoms with Gasteiger partial charge in [0.15, 0.2) is 0 Å². The molecule has 0 saturated carbocycles. The van der Waals surface area contributed by atoms with Gasteiger partial charge in [0.2, 0.25) is 0 Å². The molecule has 4 heteroatoms. The summed E-state index contributed by atoms with van der Waals surface area (Å²) in [6.45, 7) is 0.381. The van der Waals surface area contributed by atoms with Crippen molar-refractivity contribution in [1.29, 1.82) is 0 Å². The van der Waals surface area contributed by atoms with Crippen molar-refractivity contribution in [2.45, 2.75) is 6.61 Å². The molecule has 94 valence electrons. The highest BCUT2D eigenvalue weighted by atomic mass is 16.5. The molecule has 0 aliphatic rings. The third-order valence-electron chi connectivity index (χ3n) is 2.83. The summed E-state index contributed by atoms with van der Waals surface area (Å²) in [7, 11) is 0. The second kappa shape index (κ2) is 4.94. The lowest BCUT2D eigenvalue weighted by atomic mass is 10.1. The fraction of sp³-hybridized carbons (Fsp3) is 0.0667. The van der Waals surface area contributed by atoms with Gasteiger partial charge in [0.25, 0.3) is 0 Å². The van der Waals surface area contributed by atoms with Gasteiger partial charge in [-0.25, -0.2) is 4.98 Å². The number of nitrogen functional groups attached to an aromatic ring is 1. The van der Waals surface area contributed by atoms with Crippen molar-refractivity contribution in [3.05, 3.63) is 60.6 Å². The van der Waals surface area contributed by atoms with Crippen LogP contribution in [0.3, 0.4) is 0 Å². The van der Waals surface area contributed by atoms with E-state index in [1.165, 1.54) is 11.6 Å². The Morgan fingerprint density at radius 3 is 2.58 bits per heavy atom. The van der Waals surface area contributed by atoms with Crippen LogP contribution in [0.1, 0.15) is 5.69 Å². The van der Waals surface area contributed by atoms with Gasteiger partial charge in [-0.1, -0.05) is 30.3 Å². The Hall–Kier alpha value is -2.62. The van der Waals surface area contributed by atoms with Crippen LogP contribution in [-0.4, -0.2) is 9.97 Å². The van der Waals surface area contributed by atoms with Gasteiger partial charge in [0.1, 0.15) is 18.2 Å². The number of hydrogen-bond acceptors (Lipinski definition) is 4. The molecule has 0 bridgehead atoms. The number of fused-ring (bicyclic) bond motifs is 1. The molecule has 19 heavy (non-hydrogen) atoms. The summed E-state index contributed by atoms with van der Waals surface area (Å²) in [5.74, 6) is 1.23. The lowest BCUT2D eigenvalue weighted by Gasteiger charge is -2.06. The van der Waals surface area contributed by atoms with Gasteiger partial charge in [0, 0.05) is 0 Å². The van der Waals surface area contributed by atoms with Crippen LogP contribution in [0.4, 0.5) is 5.82 Å². The second-order valence-electron chi connectivity index (χ2n) is 4.23. The van der Waals surface area contributed by atoms with Crippen LogP contribution < -0.4 is 10.5 Å². The van der Waals surface area contributed by atoms with Crippen LogP contribution >= 0.6 is 0 Å². The van der Waals surface area contributed by atoms with Gasteiger partial charge in [-0.2, -0.15) is 0 Å². The largest absolute Gasteiger partial charge is 0.487 e. The maximum Gasteiger partial charge on any atom is 0.141 e. The molecule has 2 aromatic carbocycles. The van der Waals surface area contributed by atoms with Crippen LogP contribution in [0.2, 0.25) is 0 Å². The summed E-state index contributed by atoms with van der Waals surface area (Å²) in [5, 5.41) is 2.35. The van der Waals surface area contributed by atoms with Gasteiger partial charge in [0.05, 0.1) is 18.1 Å². The standard InChI is InChI=1S/C15H13N3O/c16-15-9-17-13(8-18-15)10-19-14-6-5-11-3-1-2-4-12(11)7-14/h1-9H,10H2,(H2,16,18). The predicted molar refractivity (Wildman–Crippen MR) is 74.7 cm³/mol. The van der Waals surface area contributed by atoms with E-state index in [1.807, 2.05) is 30.3 Å². The zero-order chi connectivity index (χ0) is 13.1. The van der Waals surface area contributed by atoms with Crippen LogP contribution in [0, 0.1) is 0 Å². The first kappa shape index (κ1) is 11.5. The number of ether oxygens (including phenoxy) is 1.